The highest BCUT2D eigenvalue weighted by atomic mass is 16.4. The second-order valence-electron chi connectivity index (χ2n) is 5.73. The number of carbonyl (C=O) groups is 2. The smallest absolute Gasteiger partial charge is 0.320 e. The Morgan fingerprint density at radius 3 is 2.68 bits per heavy atom. The van der Waals surface area contributed by atoms with Crippen LogP contribution in [0.4, 0.5) is 4.79 Å². The predicted octanol–water partition coefficient (Wildman–Crippen LogP) is 2.17. The van der Waals surface area contributed by atoms with Gasteiger partial charge in [-0.15, -0.1) is 0 Å². The summed E-state index contributed by atoms with van der Waals surface area (Å²) in [6.07, 6.45) is 5.43. The molecule has 5 heteroatoms. The minimum Gasteiger partial charge on any atom is -0.481 e. The molecule has 2 amide bonds. The molecule has 2 aliphatic heterocycles. The summed E-state index contributed by atoms with van der Waals surface area (Å²) < 4.78 is 0. The molecule has 0 aromatic rings. The highest BCUT2D eigenvalue weighted by molar-refractivity contribution is 5.75. The average molecular weight is 268 g/mol. The Morgan fingerprint density at radius 1 is 1.21 bits per heavy atom. The first-order valence-corrected chi connectivity index (χ1v) is 7.39. The lowest BCUT2D eigenvalue weighted by atomic mass is 10.0. The summed E-state index contributed by atoms with van der Waals surface area (Å²) in [5.74, 6) is -0.630. The van der Waals surface area contributed by atoms with Crippen LogP contribution in [0.3, 0.4) is 0 Å². The van der Waals surface area contributed by atoms with Gasteiger partial charge in [-0.25, -0.2) is 4.79 Å². The van der Waals surface area contributed by atoms with Crippen molar-refractivity contribution < 1.29 is 14.7 Å². The van der Waals surface area contributed by atoms with Crippen LogP contribution in [0.2, 0.25) is 0 Å². The van der Waals surface area contributed by atoms with Gasteiger partial charge in [-0.05, 0) is 38.0 Å². The molecular formula is C14H24N2O3. The van der Waals surface area contributed by atoms with E-state index in [-0.39, 0.29) is 18.4 Å². The van der Waals surface area contributed by atoms with E-state index < -0.39 is 5.97 Å². The van der Waals surface area contributed by atoms with E-state index in [1.807, 2.05) is 9.80 Å². The monoisotopic (exact) mass is 268 g/mol. The zero-order valence-corrected chi connectivity index (χ0v) is 11.7. The van der Waals surface area contributed by atoms with E-state index in [1.54, 1.807) is 0 Å². The van der Waals surface area contributed by atoms with E-state index >= 15 is 0 Å². The molecule has 0 aromatic carbocycles. The molecule has 2 unspecified atom stereocenters. The van der Waals surface area contributed by atoms with E-state index in [1.165, 1.54) is 6.42 Å². The number of carboxylic acids is 1. The second-order valence-corrected chi connectivity index (χ2v) is 5.73. The number of hydrogen-bond acceptors (Lipinski definition) is 2. The Balaban J connectivity index is 1.91. The molecule has 2 atom stereocenters. The van der Waals surface area contributed by atoms with Crippen molar-refractivity contribution in [3.05, 3.63) is 0 Å². The fourth-order valence-electron chi connectivity index (χ4n) is 3.28. The maximum absolute atomic E-state index is 12.5. The molecule has 0 spiro atoms. The van der Waals surface area contributed by atoms with E-state index in [2.05, 4.69) is 6.92 Å². The number of urea groups is 1. The minimum absolute atomic E-state index is 0.124. The third-order valence-electron chi connectivity index (χ3n) is 4.36. The van der Waals surface area contributed by atoms with Crippen molar-refractivity contribution in [2.75, 3.05) is 19.6 Å². The van der Waals surface area contributed by atoms with Gasteiger partial charge in [0, 0.05) is 32.1 Å². The first-order chi connectivity index (χ1) is 9.11. The van der Waals surface area contributed by atoms with Crippen LogP contribution in [0.25, 0.3) is 0 Å². The fourth-order valence-corrected chi connectivity index (χ4v) is 3.28. The summed E-state index contributed by atoms with van der Waals surface area (Å²) in [5, 5.41) is 8.81. The summed E-state index contributed by atoms with van der Waals surface area (Å²) >= 11 is 0. The zero-order valence-electron chi connectivity index (χ0n) is 11.7. The lowest BCUT2D eigenvalue weighted by Crippen LogP contribution is -2.49. The van der Waals surface area contributed by atoms with Gasteiger partial charge in [-0.3, -0.25) is 4.79 Å². The topological polar surface area (TPSA) is 60.9 Å². The molecule has 0 aliphatic carbocycles. The van der Waals surface area contributed by atoms with E-state index in [4.69, 9.17) is 5.11 Å². The van der Waals surface area contributed by atoms with Gasteiger partial charge in [0.25, 0.3) is 0 Å². The van der Waals surface area contributed by atoms with Gasteiger partial charge in [0.2, 0.25) is 0 Å². The highest BCUT2D eigenvalue weighted by Gasteiger charge is 2.33. The second kappa shape index (κ2) is 6.26. The molecule has 19 heavy (non-hydrogen) atoms. The molecule has 2 rings (SSSR count). The predicted molar refractivity (Wildman–Crippen MR) is 72.0 cm³/mol. The molecule has 1 N–H and O–H groups in total. The van der Waals surface area contributed by atoms with Crippen molar-refractivity contribution in [3.8, 4) is 0 Å². The SMILES string of the molecule is CCC1CCCCN1C(=O)N1CCC(CC(=O)O)C1. The molecule has 0 bridgehead atoms. The van der Waals surface area contributed by atoms with Crippen molar-refractivity contribution in [3.63, 3.8) is 0 Å². The third-order valence-corrected chi connectivity index (χ3v) is 4.36. The summed E-state index contributed by atoms with van der Waals surface area (Å²) in [6.45, 7) is 4.31. The number of amides is 2. The summed E-state index contributed by atoms with van der Waals surface area (Å²) in [6, 6.07) is 0.499. The van der Waals surface area contributed by atoms with Crippen molar-refractivity contribution in [1.82, 2.24) is 9.80 Å². The Morgan fingerprint density at radius 2 is 2.00 bits per heavy atom. The Kier molecular flexibility index (Phi) is 4.66. The summed E-state index contributed by atoms with van der Waals surface area (Å²) in [5.41, 5.74) is 0. The van der Waals surface area contributed by atoms with Crippen LogP contribution < -0.4 is 0 Å². The Hall–Kier alpha value is -1.26. The first-order valence-electron chi connectivity index (χ1n) is 7.39. The number of carboxylic acid groups (broad SMARTS) is 1. The van der Waals surface area contributed by atoms with Crippen molar-refractivity contribution in [2.24, 2.45) is 5.92 Å². The number of likely N-dealkylation sites (tertiary alicyclic amines) is 2. The van der Waals surface area contributed by atoms with Gasteiger partial charge in [0.1, 0.15) is 0 Å². The van der Waals surface area contributed by atoms with Crippen LogP contribution in [0, 0.1) is 5.92 Å². The number of hydrogen-bond donors (Lipinski definition) is 1. The van der Waals surface area contributed by atoms with Gasteiger partial charge in [-0.2, -0.15) is 0 Å². The lowest BCUT2D eigenvalue weighted by molar-refractivity contribution is -0.138. The summed E-state index contributed by atoms with van der Waals surface area (Å²) in [4.78, 5) is 27.1. The van der Waals surface area contributed by atoms with Gasteiger partial charge in [0.15, 0.2) is 0 Å². The van der Waals surface area contributed by atoms with E-state index in [0.717, 1.165) is 32.2 Å². The maximum Gasteiger partial charge on any atom is 0.320 e. The molecule has 5 nitrogen and oxygen atoms in total. The van der Waals surface area contributed by atoms with Crippen molar-refractivity contribution >= 4 is 12.0 Å². The van der Waals surface area contributed by atoms with E-state index in [9.17, 15) is 9.59 Å². The Labute approximate surface area is 114 Å². The largest absolute Gasteiger partial charge is 0.481 e. The number of piperidine rings is 1. The maximum atomic E-state index is 12.5. The summed E-state index contributed by atoms with van der Waals surface area (Å²) in [7, 11) is 0. The molecule has 2 aliphatic rings. The zero-order chi connectivity index (χ0) is 13.8. The minimum atomic E-state index is -0.760. The molecule has 2 fully saturated rings. The first kappa shape index (κ1) is 14.2. The van der Waals surface area contributed by atoms with Crippen LogP contribution in [-0.2, 0) is 4.79 Å². The van der Waals surface area contributed by atoms with E-state index in [0.29, 0.717) is 19.1 Å². The Bertz CT molecular complexity index is 346. The van der Waals surface area contributed by atoms with Crippen LogP contribution in [0.5, 0.6) is 0 Å². The van der Waals surface area contributed by atoms with Crippen LogP contribution in [0.15, 0.2) is 0 Å². The van der Waals surface area contributed by atoms with Gasteiger partial charge >= 0.3 is 12.0 Å². The molecule has 2 saturated heterocycles. The quantitative estimate of drug-likeness (QED) is 0.853. The average Bonchev–Trinajstić information content (AvgIpc) is 2.85. The fraction of sp³-hybridized carbons (Fsp3) is 0.857. The highest BCUT2D eigenvalue weighted by Crippen LogP contribution is 2.25. The number of nitrogens with zero attached hydrogens (tertiary/aromatic N) is 2. The number of aliphatic carboxylic acids is 1. The third kappa shape index (κ3) is 3.39. The van der Waals surface area contributed by atoms with Gasteiger partial charge < -0.3 is 14.9 Å². The molecule has 0 radical (unpaired) electrons. The standard InChI is InChI=1S/C14H24N2O3/c1-2-12-5-3-4-7-16(12)14(19)15-8-6-11(10-15)9-13(17)18/h11-12H,2-10H2,1H3,(H,17,18). The molecule has 108 valence electrons. The number of carbonyl (C=O) groups excluding carboxylic acids is 1. The molecular weight excluding hydrogens is 244 g/mol. The van der Waals surface area contributed by atoms with Crippen molar-refractivity contribution in [1.29, 1.82) is 0 Å². The normalized spacial score (nSPS) is 27.6. The molecule has 0 saturated carbocycles. The van der Waals surface area contributed by atoms with Gasteiger partial charge in [0.05, 0.1) is 0 Å². The lowest BCUT2D eigenvalue weighted by Gasteiger charge is -2.37. The van der Waals surface area contributed by atoms with Crippen LogP contribution >= 0.6 is 0 Å². The van der Waals surface area contributed by atoms with Crippen LogP contribution in [0.1, 0.15) is 45.4 Å². The molecule has 2 heterocycles. The van der Waals surface area contributed by atoms with Gasteiger partial charge in [-0.1, -0.05) is 6.92 Å². The van der Waals surface area contributed by atoms with Crippen LogP contribution in [-0.4, -0.2) is 52.6 Å². The number of rotatable bonds is 3. The van der Waals surface area contributed by atoms with Crippen molar-refractivity contribution in [2.45, 2.75) is 51.5 Å². The molecule has 0 aromatic heterocycles.